The smallest absolute Gasteiger partial charge is 0.0722 e. The van der Waals surface area contributed by atoms with Gasteiger partial charge in [0, 0.05) is 60.0 Å². The summed E-state index contributed by atoms with van der Waals surface area (Å²) in [5.74, 6) is 0. The monoisotopic (exact) mass is 900 g/mol. The van der Waals surface area contributed by atoms with E-state index in [1.165, 1.54) is 22.5 Å². The number of fused-ring (bicyclic) bond motifs is 13. The molecule has 55 heavy (non-hydrogen) atoms. The predicted octanol–water partition coefficient (Wildman–Crippen LogP) is 12.1. The number of anilines is 2. The van der Waals surface area contributed by atoms with Gasteiger partial charge in [0.1, 0.15) is 0 Å². The number of furan rings is 2. The summed E-state index contributed by atoms with van der Waals surface area (Å²) in [6.45, 7) is 20.9. The standard InChI is InChI=1S/C48H41N4O2.Pt/c1-45(2)33-23-39-30(21-35(33)51-27-50(26-41(51)47(45,5)6)29-17-13-10-14-18-29)42-37(53-39)19-20-38-43(42)31-22-36-34(24-40(31)54-38)46(3,4)48(7,8)44-32(25-49-52(36)44)28-15-11-9-12-16-28;/h9-20,23-27H,1-8H3;/q-3;. The Kier molecular flexibility index (Phi) is 6.91. The zero-order chi connectivity index (χ0) is 37.1. The van der Waals surface area contributed by atoms with E-state index in [0.717, 1.165) is 72.1 Å². The van der Waals surface area contributed by atoms with Crippen LogP contribution in [0.2, 0.25) is 0 Å². The van der Waals surface area contributed by atoms with Crippen molar-refractivity contribution in [3.05, 3.63) is 139 Å². The van der Waals surface area contributed by atoms with Gasteiger partial charge in [0.15, 0.2) is 0 Å². The van der Waals surface area contributed by atoms with E-state index >= 15 is 0 Å². The average Bonchev–Trinajstić information content (AvgIpc) is 3.96. The van der Waals surface area contributed by atoms with Crippen LogP contribution in [0.25, 0.3) is 60.7 Å². The van der Waals surface area contributed by atoms with E-state index in [9.17, 15) is 0 Å². The van der Waals surface area contributed by atoms with Gasteiger partial charge in [-0.15, -0.1) is 29.6 Å². The van der Waals surface area contributed by atoms with E-state index in [1.807, 2.05) is 18.3 Å². The predicted molar refractivity (Wildman–Crippen MR) is 218 cm³/mol. The summed E-state index contributed by atoms with van der Waals surface area (Å²) in [5.41, 5.74) is 12.6. The Morgan fingerprint density at radius 1 is 0.618 bits per heavy atom. The molecule has 0 amide bonds. The molecule has 3 aromatic heterocycles. The van der Waals surface area contributed by atoms with Crippen molar-refractivity contribution in [3.8, 4) is 16.8 Å². The van der Waals surface area contributed by atoms with Crippen LogP contribution in [-0.2, 0) is 37.3 Å². The maximum absolute atomic E-state index is 6.73. The van der Waals surface area contributed by atoms with E-state index in [-0.39, 0.29) is 42.7 Å². The van der Waals surface area contributed by atoms with Crippen LogP contribution in [0.4, 0.5) is 11.4 Å². The molecule has 0 bridgehead atoms. The van der Waals surface area contributed by atoms with Crippen LogP contribution >= 0.6 is 0 Å². The SMILES string of the molecule is CC1(C)C2=CN(c3ccccc3)[CH-]N2c2[c-]c3c(cc2C1(C)C)oc1ccc2oc4cc5c([c-]c4c2c13)-n1ncc(-c2ccccc2)c1C(C)(C)C5(C)C.[Pt]. The second-order valence-corrected chi connectivity index (χ2v) is 17.5. The largest absolute Gasteiger partial charge is 0.511 e. The number of allylic oxidation sites excluding steroid dienone is 1. The molecule has 0 aliphatic carbocycles. The molecule has 8 aromatic rings. The van der Waals surface area contributed by atoms with Crippen molar-refractivity contribution >= 4 is 55.3 Å². The third kappa shape index (κ3) is 4.27. The number of hydrogen-bond donors (Lipinski definition) is 0. The third-order valence-corrected chi connectivity index (χ3v) is 13.9. The Morgan fingerprint density at radius 2 is 1.16 bits per heavy atom. The molecule has 0 fully saturated rings. The van der Waals surface area contributed by atoms with Crippen LogP contribution < -0.4 is 9.80 Å². The molecule has 0 saturated heterocycles. The zero-order valence-electron chi connectivity index (χ0n) is 32.2. The topological polar surface area (TPSA) is 50.6 Å². The fourth-order valence-electron chi connectivity index (χ4n) is 9.38. The molecule has 11 rings (SSSR count). The third-order valence-electron chi connectivity index (χ3n) is 13.9. The molecule has 0 saturated carbocycles. The molecular formula is C48H41N4O2Pt-3. The minimum Gasteiger partial charge on any atom is -0.511 e. The van der Waals surface area contributed by atoms with E-state index < -0.39 is 0 Å². The van der Waals surface area contributed by atoms with Gasteiger partial charge in [-0.05, 0) is 52.5 Å². The maximum Gasteiger partial charge on any atom is 0.0722 e. The molecule has 0 radical (unpaired) electrons. The first-order chi connectivity index (χ1) is 25.8. The van der Waals surface area contributed by atoms with Crippen molar-refractivity contribution in [3.63, 3.8) is 0 Å². The van der Waals surface area contributed by atoms with Gasteiger partial charge in [-0.25, -0.2) is 0 Å². The first-order valence-electron chi connectivity index (χ1n) is 18.9. The summed E-state index contributed by atoms with van der Waals surface area (Å²) in [6, 6.07) is 37.5. The molecule has 0 spiro atoms. The van der Waals surface area contributed by atoms with E-state index in [4.69, 9.17) is 13.9 Å². The van der Waals surface area contributed by atoms with Gasteiger partial charge < -0.3 is 18.6 Å². The Bertz CT molecular complexity index is 2920. The summed E-state index contributed by atoms with van der Waals surface area (Å²) in [6.07, 6.45) is 4.30. The van der Waals surface area contributed by atoms with Gasteiger partial charge in [-0.2, -0.15) is 5.10 Å². The normalized spacial score (nSPS) is 18.6. The minimum atomic E-state index is -0.248. The average molecular weight is 901 g/mol. The summed E-state index contributed by atoms with van der Waals surface area (Å²) in [4.78, 5) is 4.55. The molecule has 5 aromatic carbocycles. The quantitative estimate of drug-likeness (QED) is 0.162. The van der Waals surface area contributed by atoms with Crippen molar-refractivity contribution in [2.24, 2.45) is 5.41 Å². The van der Waals surface area contributed by atoms with Crippen LogP contribution in [0.5, 0.6) is 0 Å². The summed E-state index contributed by atoms with van der Waals surface area (Å²) in [7, 11) is 0. The number of para-hydroxylation sites is 1. The fraction of sp³-hybridized carbons (Fsp3) is 0.250. The van der Waals surface area contributed by atoms with Gasteiger partial charge in [-0.1, -0.05) is 144 Å². The first-order valence-corrected chi connectivity index (χ1v) is 18.9. The minimum absolute atomic E-state index is 0. The van der Waals surface area contributed by atoms with Gasteiger partial charge in [0.2, 0.25) is 0 Å². The maximum atomic E-state index is 6.73. The molecule has 0 unspecified atom stereocenters. The van der Waals surface area contributed by atoms with Gasteiger partial charge >= 0.3 is 0 Å². The molecule has 7 heteroatoms. The van der Waals surface area contributed by atoms with Crippen LogP contribution in [-0.4, -0.2) is 9.78 Å². The second-order valence-electron chi connectivity index (χ2n) is 17.5. The Morgan fingerprint density at radius 3 is 1.78 bits per heavy atom. The van der Waals surface area contributed by atoms with Crippen LogP contribution in [0, 0.1) is 24.2 Å². The Labute approximate surface area is 335 Å². The van der Waals surface area contributed by atoms with Gasteiger partial charge in [0.05, 0.1) is 23.1 Å². The number of hydrogen-bond acceptors (Lipinski definition) is 5. The second kappa shape index (κ2) is 11.0. The van der Waals surface area contributed by atoms with Crippen LogP contribution in [0.15, 0.2) is 112 Å². The molecule has 0 atom stereocenters. The molecular weight excluding hydrogens is 860 g/mol. The zero-order valence-corrected chi connectivity index (χ0v) is 34.5. The molecule has 3 aliphatic heterocycles. The van der Waals surface area contributed by atoms with Crippen molar-refractivity contribution in [2.45, 2.75) is 71.6 Å². The van der Waals surface area contributed by atoms with Crippen molar-refractivity contribution in [1.29, 1.82) is 0 Å². The first kappa shape index (κ1) is 34.4. The fourth-order valence-corrected chi connectivity index (χ4v) is 9.38. The van der Waals surface area contributed by atoms with Crippen molar-refractivity contribution in [1.82, 2.24) is 9.78 Å². The van der Waals surface area contributed by atoms with Crippen molar-refractivity contribution < 1.29 is 29.9 Å². The van der Waals surface area contributed by atoms with E-state index in [0.29, 0.717) is 0 Å². The molecule has 278 valence electrons. The number of rotatable bonds is 2. The summed E-state index contributed by atoms with van der Waals surface area (Å²) in [5, 5.41) is 8.90. The number of nitrogens with zero attached hydrogens (tertiary/aromatic N) is 4. The summed E-state index contributed by atoms with van der Waals surface area (Å²) >= 11 is 0. The van der Waals surface area contributed by atoms with Crippen LogP contribution in [0.1, 0.15) is 72.2 Å². The number of aromatic nitrogens is 2. The molecule has 6 heterocycles. The molecule has 6 nitrogen and oxygen atoms in total. The van der Waals surface area contributed by atoms with Crippen LogP contribution in [0.3, 0.4) is 0 Å². The Hall–Kier alpha value is -5.06. The van der Waals surface area contributed by atoms with Gasteiger partial charge in [-0.3, -0.25) is 4.68 Å². The number of benzene rings is 5. The van der Waals surface area contributed by atoms with E-state index in [2.05, 4.69) is 168 Å². The van der Waals surface area contributed by atoms with Crippen molar-refractivity contribution in [2.75, 3.05) is 9.80 Å². The van der Waals surface area contributed by atoms with Gasteiger partial charge in [0.25, 0.3) is 0 Å². The van der Waals surface area contributed by atoms with E-state index in [1.54, 1.807) is 0 Å². The molecule has 0 N–H and O–H groups in total. The Balaban J connectivity index is 0.00000372. The molecule has 3 aliphatic rings. The summed E-state index contributed by atoms with van der Waals surface area (Å²) < 4.78 is 15.6.